The molecule has 0 heterocycles. The average Bonchev–Trinajstić information content (AvgIpc) is 2.46. The molecule has 0 aromatic heterocycles. The van der Waals surface area contributed by atoms with Gasteiger partial charge in [-0.2, -0.15) is 0 Å². The molecule has 0 saturated heterocycles. The second-order valence-corrected chi connectivity index (χ2v) is 5.24. The van der Waals surface area contributed by atoms with Gasteiger partial charge >= 0.3 is 0 Å². The molecule has 0 aliphatic rings. The fourth-order valence-corrected chi connectivity index (χ4v) is 2.58. The minimum Gasteiger partial charge on any atom is -0.232 e. The van der Waals surface area contributed by atoms with Crippen molar-refractivity contribution < 1.29 is 4.79 Å². The molecule has 0 N–H and O–H groups in total. The molecule has 88 valence electrons. The molecule has 1 nitrogen and oxygen atoms in total. The van der Waals surface area contributed by atoms with E-state index in [1.54, 1.807) is 0 Å². The van der Waals surface area contributed by atoms with Gasteiger partial charge in [0, 0.05) is 0 Å². The highest BCUT2D eigenvalue weighted by molar-refractivity contribution is 8.29. The summed E-state index contributed by atoms with van der Waals surface area (Å²) >= 11 is 6.60. The summed E-state index contributed by atoms with van der Waals surface area (Å²) in [5.41, 5.74) is 1.79. The van der Waals surface area contributed by atoms with E-state index in [0.717, 1.165) is 11.1 Å². The van der Waals surface area contributed by atoms with E-state index in [1.807, 2.05) is 66.6 Å². The summed E-state index contributed by atoms with van der Waals surface area (Å²) in [4.78, 5) is 11.5. The summed E-state index contributed by atoms with van der Waals surface area (Å²) in [5, 5.41) is 0. The summed E-state index contributed by atoms with van der Waals surface area (Å²) in [6.45, 7) is 0. The third kappa shape index (κ3) is 3.17. The van der Waals surface area contributed by atoms with Gasteiger partial charge in [-0.05, 0) is 11.1 Å². The Balaban J connectivity index is 2.19. The monoisotopic (exact) mass is 270 g/mol. The summed E-state index contributed by atoms with van der Waals surface area (Å²) in [5.74, 6) is 1.96. The molecule has 0 bridgehead atoms. The molecule has 0 saturated carbocycles. The molecule has 0 aliphatic carbocycles. The van der Waals surface area contributed by atoms with Gasteiger partial charge in [-0.15, -0.1) is 0 Å². The van der Waals surface area contributed by atoms with Crippen LogP contribution in [-0.4, -0.2) is 10.1 Å². The predicted octanol–water partition coefficient (Wildman–Crippen LogP) is 3.97. The lowest BCUT2D eigenvalue weighted by Gasteiger charge is -2.04. The Morgan fingerprint density at radius 1 is 0.889 bits per heavy atom. The lowest BCUT2D eigenvalue weighted by atomic mass is 10.2. The van der Waals surface area contributed by atoms with Crippen molar-refractivity contribution in [2.75, 3.05) is 0 Å². The van der Waals surface area contributed by atoms with Crippen LogP contribution in [-0.2, 0) is 4.79 Å². The van der Waals surface area contributed by atoms with E-state index in [2.05, 4.69) is 0 Å². The molecule has 3 heteroatoms. The predicted molar refractivity (Wildman–Crippen MR) is 81.3 cm³/mol. The van der Waals surface area contributed by atoms with Crippen LogP contribution in [0.1, 0.15) is 11.1 Å². The van der Waals surface area contributed by atoms with E-state index >= 15 is 0 Å². The quantitative estimate of drug-likeness (QED) is 0.620. The normalized spacial score (nSPS) is 9.56. The third-order valence-electron chi connectivity index (χ3n) is 2.33. The van der Waals surface area contributed by atoms with Gasteiger partial charge in [0.1, 0.15) is 10.8 Å². The van der Waals surface area contributed by atoms with Gasteiger partial charge in [-0.25, -0.2) is 4.79 Å². The standard InChI is InChI=1S/C15H10OS2/c16-11-14(12-7-3-1-4-8-12)18-15(17)13-9-5-2-6-10-13/h1-10H. The van der Waals surface area contributed by atoms with Crippen LogP contribution in [0.5, 0.6) is 0 Å². The fourth-order valence-electron chi connectivity index (χ4n) is 1.45. The second-order valence-electron chi connectivity index (χ2n) is 3.55. The van der Waals surface area contributed by atoms with Crippen molar-refractivity contribution in [1.82, 2.24) is 0 Å². The maximum atomic E-state index is 11.0. The summed E-state index contributed by atoms with van der Waals surface area (Å²) in [6, 6.07) is 19.1. The van der Waals surface area contributed by atoms with Crippen molar-refractivity contribution in [3.8, 4) is 0 Å². The lowest BCUT2D eigenvalue weighted by molar-refractivity contribution is 0.570. The van der Waals surface area contributed by atoms with E-state index in [1.165, 1.54) is 11.8 Å². The molecule has 18 heavy (non-hydrogen) atoms. The van der Waals surface area contributed by atoms with E-state index in [0.29, 0.717) is 9.10 Å². The van der Waals surface area contributed by atoms with Gasteiger partial charge in [0.05, 0.1) is 4.20 Å². The number of rotatable bonds is 3. The second kappa shape index (κ2) is 6.31. The Morgan fingerprint density at radius 2 is 1.39 bits per heavy atom. The number of hydrogen-bond acceptors (Lipinski definition) is 3. The first-order chi connectivity index (χ1) is 8.81. The molecule has 0 unspecified atom stereocenters. The highest BCUT2D eigenvalue weighted by Crippen LogP contribution is 2.28. The Bertz CT molecular complexity index is 584. The van der Waals surface area contributed by atoms with Crippen molar-refractivity contribution in [3.05, 3.63) is 71.8 Å². The SMILES string of the molecule is O=C=C(SC(=S)c1ccccc1)c1ccccc1. The number of hydrogen-bond donors (Lipinski definition) is 0. The molecule has 2 aromatic carbocycles. The average molecular weight is 270 g/mol. The van der Waals surface area contributed by atoms with E-state index in [-0.39, 0.29) is 0 Å². The minimum absolute atomic E-state index is 0.518. The summed E-state index contributed by atoms with van der Waals surface area (Å²) in [7, 11) is 0. The molecule has 0 atom stereocenters. The Labute approximate surface area is 116 Å². The van der Waals surface area contributed by atoms with E-state index in [4.69, 9.17) is 12.2 Å². The Hall–Kier alpha value is -1.67. The number of thiocarbonyl (C=S) groups is 1. The van der Waals surface area contributed by atoms with Gasteiger partial charge in [0.15, 0.2) is 0 Å². The Kier molecular flexibility index (Phi) is 4.48. The largest absolute Gasteiger partial charge is 0.232 e. The molecule has 2 rings (SSSR count). The fraction of sp³-hybridized carbons (Fsp3) is 0. The topological polar surface area (TPSA) is 17.1 Å². The van der Waals surface area contributed by atoms with Crippen molar-refractivity contribution >= 4 is 39.0 Å². The van der Waals surface area contributed by atoms with Crippen LogP contribution >= 0.6 is 24.0 Å². The first kappa shape index (κ1) is 12.8. The van der Waals surface area contributed by atoms with Crippen LogP contribution < -0.4 is 0 Å². The zero-order valence-electron chi connectivity index (χ0n) is 9.50. The molecule has 0 spiro atoms. The van der Waals surface area contributed by atoms with E-state index < -0.39 is 0 Å². The van der Waals surface area contributed by atoms with Crippen molar-refractivity contribution in [2.45, 2.75) is 0 Å². The number of thioether (sulfide) groups is 1. The Morgan fingerprint density at radius 3 is 1.89 bits per heavy atom. The van der Waals surface area contributed by atoms with Crippen LogP contribution in [0.15, 0.2) is 60.7 Å². The van der Waals surface area contributed by atoms with Crippen LogP contribution in [0.2, 0.25) is 0 Å². The zero-order chi connectivity index (χ0) is 12.8. The van der Waals surface area contributed by atoms with Gasteiger partial charge in [0.2, 0.25) is 0 Å². The summed E-state index contributed by atoms with van der Waals surface area (Å²) < 4.78 is 0.679. The third-order valence-corrected chi connectivity index (χ3v) is 3.76. The zero-order valence-corrected chi connectivity index (χ0v) is 11.1. The molecule has 2 aromatic rings. The highest BCUT2D eigenvalue weighted by atomic mass is 32.2. The molecule has 0 radical (unpaired) electrons. The van der Waals surface area contributed by atoms with Gasteiger partial charge in [0.25, 0.3) is 0 Å². The molecular formula is C15H10OS2. The van der Waals surface area contributed by atoms with Gasteiger partial charge < -0.3 is 0 Å². The van der Waals surface area contributed by atoms with Crippen molar-refractivity contribution in [1.29, 1.82) is 0 Å². The first-order valence-electron chi connectivity index (χ1n) is 5.39. The van der Waals surface area contributed by atoms with Crippen LogP contribution in [0.4, 0.5) is 0 Å². The molecule has 0 aliphatic heterocycles. The highest BCUT2D eigenvalue weighted by Gasteiger charge is 2.08. The van der Waals surface area contributed by atoms with Crippen LogP contribution in [0.3, 0.4) is 0 Å². The molecular weight excluding hydrogens is 260 g/mol. The minimum atomic E-state index is 0.518. The molecule has 0 fully saturated rings. The van der Waals surface area contributed by atoms with E-state index in [9.17, 15) is 4.79 Å². The lowest BCUT2D eigenvalue weighted by Crippen LogP contribution is -1.92. The van der Waals surface area contributed by atoms with Gasteiger partial charge in [-0.1, -0.05) is 84.6 Å². The maximum absolute atomic E-state index is 11.0. The van der Waals surface area contributed by atoms with Gasteiger partial charge in [-0.3, -0.25) is 0 Å². The van der Waals surface area contributed by atoms with Crippen molar-refractivity contribution in [2.24, 2.45) is 0 Å². The van der Waals surface area contributed by atoms with Crippen molar-refractivity contribution in [3.63, 3.8) is 0 Å². The van der Waals surface area contributed by atoms with Crippen LogP contribution in [0, 0.1) is 0 Å². The maximum Gasteiger partial charge on any atom is 0.140 e. The van der Waals surface area contributed by atoms with Crippen LogP contribution in [0.25, 0.3) is 4.91 Å². The number of benzene rings is 2. The smallest absolute Gasteiger partial charge is 0.140 e. The number of carbonyl (C=O) groups excluding carboxylic acids is 1. The molecule has 0 amide bonds. The first-order valence-corrected chi connectivity index (χ1v) is 6.61. The summed E-state index contributed by atoms with van der Waals surface area (Å²) in [6.07, 6.45) is 0.